The van der Waals surface area contributed by atoms with E-state index in [-0.39, 0.29) is 12.5 Å². The molecule has 0 atom stereocenters. The van der Waals surface area contributed by atoms with Gasteiger partial charge in [-0.2, -0.15) is 5.10 Å². The minimum absolute atomic E-state index is 0.0729. The molecule has 0 radical (unpaired) electrons. The Kier molecular flexibility index (Phi) is 5.81. The van der Waals surface area contributed by atoms with Crippen LogP contribution in [0.15, 0.2) is 33.7 Å². The predicted molar refractivity (Wildman–Crippen MR) is 98.3 cm³/mol. The van der Waals surface area contributed by atoms with E-state index in [9.17, 15) is 4.79 Å². The Morgan fingerprint density at radius 3 is 2.65 bits per heavy atom. The Balaban J connectivity index is 2.18. The summed E-state index contributed by atoms with van der Waals surface area (Å²) >= 11 is 6.88. The van der Waals surface area contributed by atoms with Gasteiger partial charge in [-0.1, -0.05) is 22.0 Å². The summed E-state index contributed by atoms with van der Waals surface area (Å²) in [6, 6.07) is 3.83. The van der Waals surface area contributed by atoms with E-state index in [0.29, 0.717) is 12.2 Å². The van der Waals surface area contributed by atoms with Gasteiger partial charge < -0.3 is 4.74 Å². The molecule has 0 spiro atoms. The molecule has 2 rings (SSSR count). The summed E-state index contributed by atoms with van der Waals surface area (Å²) in [5, 5.41) is 4.32. The molecular formula is C17H18Br2N2O2. The molecule has 0 amide bonds. The fourth-order valence-electron chi connectivity index (χ4n) is 2.42. The van der Waals surface area contributed by atoms with Crippen LogP contribution in [0, 0.1) is 20.8 Å². The maximum Gasteiger partial charge on any atom is 0.284 e. The second kappa shape index (κ2) is 7.45. The molecule has 1 aromatic carbocycles. The number of carbonyl (C=O) groups excluding carboxylic acids is 1. The summed E-state index contributed by atoms with van der Waals surface area (Å²) in [7, 11) is 0. The van der Waals surface area contributed by atoms with E-state index in [1.807, 2.05) is 39.0 Å². The molecule has 1 aromatic heterocycles. The Hall–Kier alpha value is -1.40. The molecule has 0 saturated carbocycles. The first kappa shape index (κ1) is 17.9. The highest BCUT2D eigenvalue weighted by molar-refractivity contribution is 9.11. The maximum absolute atomic E-state index is 12.4. The molecular weight excluding hydrogens is 424 g/mol. The third-order valence-electron chi connectivity index (χ3n) is 3.56. The Morgan fingerprint density at radius 1 is 1.35 bits per heavy atom. The standard InChI is InChI=1S/C17H18Br2N2O2/c1-5-6-14-11(3)20-21(12(14)4)16(22)9-23-17-10(2)7-13(18)8-15(17)19/h5,7-8H,1,6,9H2,2-4H3. The first-order valence-electron chi connectivity index (χ1n) is 7.12. The zero-order valence-electron chi connectivity index (χ0n) is 13.3. The zero-order valence-corrected chi connectivity index (χ0v) is 16.5. The van der Waals surface area contributed by atoms with Crippen LogP contribution in [0.25, 0.3) is 0 Å². The molecule has 0 unspecified atom stereocenters. The van der Waals surface area contributed by atoms with E-state index in [0.717, 1.165) is 31.5 Å². The SMILES string of the molecule is C=CCc1c(C)nn(C(=O)COc2c(C)cc(Br)cc2Br)c1C. The third-order valence-corrected chi connectivity index (χ3v) is 4.61. The fraction of sp³-hybridized carbons (Fsp3) is 0.294. The van der Waals surface area contributed by atoms with Crippen LogP contribution in [-0.2, 0) is 6.42 Å². The molecule has 0 bridgehead atoms. The molecule has 4 nitrogen and oxygen atoms in total. The Labute approximate surface area is 152 Å². The first-order chi connectivity index (χ1) is 10.8. The van der Waals surface area contributed by atoms with E-state index in [1.165, 1.54) is 4.68 Å². The summed E-state index contributed by atoms with van der Waals surface area (Å²) in [5.41, 5.74) is 3.66. The van der Waals surface area contributed by atoms with Crippen LogP contribution in [0.4, 0.5) is 0 Å². The van der Waals surface area contributed by atoms with E-state index < -0.39 is 0 Å². The van der Waals surface area contributed by atoms with Gasteiger partial charge in [0.15, 0.2) is 6.61 Å². The maximum atomic E-state index is 12.4. The summed E-state index contributed by atoms with van der Waals surface area (Å²) in [6.07, 6.45) is 2.51. The molecule has 0 saturated heterocycles. The zero-order chi connectivity index (χ0) is 17.1. The van der Waals surface area contributed by atoms with Gasteiger partial charge in [-0.3, -0.25) is 4.79 Å². The average molecular weight is 442 g/mol. The second-order valence-electron chi connectivity index (χ2n) is 5.27. The average Bonchev–Trinajstić information content (AvgIpc) is 2.74. The van der Waals surface area contributed by atoms with Crippen LogP contribution >= 0.6 is 31.9 Å². The van der Waals surface area contributed by atoms with Crippen LogP contribution in [0.1, 0.15) is 27.3 Å². The molecule has 6 heteroatoms. The normalized spacial score (nSPS) is 10.7. The number of ether oxygens (including phenoxy) is 1. The van der Waals surface area contributed by atoms with Gasteiger partial charge in [0.1, 0.15) is 5.75 Å². The van der Waals surface area contributed by atoms with Gasteiger partial charge in [0.25, 0.3) is 5.91 Å². The van der Waals surface area contributed by atoms with Crippen LogP contribution in [-0.4, -0.2) is 22.3 Å². The van der Waals surface area contributed by atoms with Gasteiger partial charge in [-0.15, -0.1) is 6.58 Å². The lowest BCUT2D eigenvalue weighted by molar-refractivity contribution is 0.0817. The molecule has 23 heavy (non-hydrogen) atoms. The number of carbonyl (C=O) groups is 1. The molecule has 0 fully saturated rings. The van der Waals surface area contributed by atoms with Crippen LogP contribution in [0.5, 0.6) is 5.75 Å². The van der Waals surface area contributed by atoms with Crippen molar-refractivity contribution in [1.29, 1.82) is 0 Å². The number of aryl methyl sites for hydroxylation is 2. The molecule has 0 N–H and O–H groups in total. The van der Waals surface area contributed by atoms with Crippen LogP contribution < -0.4 is 4.74 Å². The smallest absolute Gasteiger partial charge is 0.284 e. The van der Waals surface area contributed by atoms with Crippen molar-refractivity contribution in [2.75, 3.05) is 6.61 Å². The van der Waals surface area contributed by atoms with Crippen molar-refractivity contribution in [2.24, 2.45) is 0 Å². The number of halogens is 2. The molecule has 0 aliphatic carbocycles. The number of allylic oxidation sites excluding steroid dienone is 1. The molecule has 122 valence electrons. The molecule has 0 aliphatic heterocycles. The highest BCUT2D eigenvalue weighted by Gasteiger charge is 2.17. The van der Waals surface area contributed by atoms with Crippen molar-refractivity contribution in [3.05, 3.63) is 56.2 Å². The summed E-state index contributed by atoms with van der Waals surface area (Å²) in [5.74, 6) is 0.463. The highest BCUT2D eigenvalue weighted by atomic mass is 79.9. The van der Waals surface area contributed by atoms with Crippen LogP contribution in [0.2, 0.25) is 0 Å². The number of benzene rings is 1. The lowest BCUT2D eigenvalue weighted by atomic mass is 10.1. The van der Waals surface area contributed by atoms with Crippen molar-refractivity contribution < 1.29 is 9.53 Å². The largest absolute Gasteiger partial charge is 0.482 e. The predicted octanol–water partition coefficient (Wildman–Crippen LogP) is 4.78. The van der Waals surface area contributed by atoms with Crippen molar-refractivity contribution in [2.45, 2.75) is 27.2 Å². The Bertz CT molecular complexity index is 743. The van der Waals surface area contributed by atoms with E-state index in [1.54, 1.807) is 0 Å². The van der Waals surface area contributed by atoms with Gasteiger partial charge in [-0.05, 0) is 60.8 Å². The summed E-state index contributed by atoms with van der Waals surface area (Å²) in [6.45, 7) is 9.38. The van der Waals surface area contributed by atoms with Crippen molar-refractivity contribution >= 4 is 37.8 Å². The first-order valence-corrected chi connectivity index (χ1v) is 8.71. The summed E-state index contributed by atoms with van der Waals surface area (Å²) in [4.78, 5) is 12.4. The number of nitrogens with zero attached hydrogens (tertiary/aromatic N) is 2. The lowest BCUT2D eigenvalue weighted by Crippen LogP contribution is -2.22. The van der Waals surface area contributed by atoms with E-state index in [4.69, 9.17) is 4.74 Å². The Morgan fingerprint density at radius 2 is 2.04 bits per heavy atom. The van der Waals surface area contributed by atoms with Gasteiger partial charge in [0, 0.05) is 15.7 Å². The number of hydrogen-bond donors (Lipinski definition) is 0. The number of aromatic nitrogens is 2. The van der Waals surface area contributed by atoms with Gasteiger partial charge in [0.2, 0.25) is 0 Å². The summed E-state index contributed by atoms with van der Waals surface area (Å²) < 4.78 is 8.87. The lowest BCUT2D eigenvalue weighted by Gasteiger charge is -2.11. The monoisotopic (exact) mass is 440 g/mol. The van der Waals surface area contributed by atoms with Crippen molar-refractivity contribution in [3.8, 4) is 5.75 Å². The van der Waals surface area contributed by atoms with Gasteiger partial charge in [0.05, 0.1) is 10.2 Å². The van der Waals surface area contributed by atoms with E-state index in [2.05, 4.69) is 43.5 Å². The number of rotatable bonds is 5. The minimum Gasteiger partial charge on any atom is -0.482 e. The van der Waals surface area contributed by atoms with Crippen molar-refractivity contribution in [1.82, 2.24) is 9.78 Å². The van der Waals surface area contributed by atoms with Gasteiger partial charge in [-0.25, -0.2) is 4.68 Å². The highest BCUT2D eigenvalue weighted by Crippen LogP contribution is 2.32. The van der Waals surface area contributed by atoms with E-state index >= 15 is 0 Å². The fourth-order valence-corrected chi connectivity index (χ4v) is 3.98. The minimum atomic E-state index is -0.199. The van der Waals surface area contributed by atoms with Gasteiger partial charge >= 0.3 is 0 Å². The molecule has 2 aromatic rings. The molecule has 0 aliphatic rings. The topological polar surface area (TPSA) is 44.1 Å². The third kappa shape index (κ3) is 3.93. The second-order valence-corrected chi connectivity index (χ2v) is 7.04. The quantitative estimate of drug-likeness (QED) is 0.627. The molecule has 1 heterocycles. The number of hydrogen-bond acceptors (Lipinski definition) is 3. The van der Waals surface area contributed by atoms with Crippen molar-refractivity contribution in [3.63, 3.8) is 0 Å². The van der Waals surface area contributed by atoms with Crippen LogP contribution in [0.3, 0.4) is 0 Å².